The Morgan fingerprint density at radius 1 is 1.17 bits per heavy atom. The topological polar surface area (TPSA) is 81.8 Å². The molecule has 1 heterocycles. The fourth-order valence-corrected chi connectivity index (χ4v) is 4.94. The van der Waals surface area contributed by atoms with Crippen molar-refractivity contribution in [3.63, 3.8) is 0 Å². The molecule has 2 N–H and O–H groups in total. The van der Waals surface area contributed by atoms with Gasteiger partial charge in [0.25, 0.3) is 0 Å². The van der Waals surface area contributed by atoms with Gasteiger partial charge in [0.15, 0.2) is 0 Å². The molecule has 0 radical (unpaired) electrons. The Morgan fingerprint density at radius 3 is 2.20 bits per heavy atom. The predicted molar refractivity (Wildman–Crippen MR) is 121 cm³/mol. The molecule has 3 atom stereocenters. The molecule has 0 unspecified atom stereocenters. The van der Waals surface area contributed by atoms with Gasteiger partial charge >= 0.3 is 6.03 Å². The molecule has 0 saturated carbocycles. The Kier molecular flexibility index (Phi) is 7.93. The summed E-state index contributed by atoms with van der Waals surface area (Å²) in [5, 5.41) is 5.95. The maximum atomic E-state index is 12.5. The molecule has 170 valence electrons. The van der Waals surface area contributed by atoms with Crippen molar-refractivity contribution >= 4 is 16.1 Å². The lowest BCUT2D eigenvalue weighted by molar-refractivity contribution is 0.0472. The zero-order chi connectivity index (χ0) is 22.7. The van der Waals surface area contributed by atoms with Crippen LogP contribution in [-0.2, 0) is 10.0 Å². The van der Waals surface area contributed by atoms with Crippen molar-refractivity contribution in [3.8, 4) is 0 Å². The summed E-state index contributed by atoms with van der Waals surface area (Å²) < 4.78 is 25.5. The zero-order valence-electron chi connectivity index (χ0n) is 19.4. The van der Waals surface area contributed by atoms with Crippen molar-refractivity contribution in [2.45, 2.75) is 57.5 Å². The van der Waals surface area contributed by atoms with E-state index in [4.69, 9.17) is 0 Å². The molecule has 0 spiro atoms. The fourth-order valence-electron chi connectivity index (χ4n) is 4.04. The molecule has 1 aromatic carbocycles. The van der Waals surface area contributed by atoms with Crippen molar-refractivity contribution in [3.05, 3.63) is 29.8 Å². The summed E-state index contributed by atoms with van der Waals surface area (Å²) >= 11 is 0. The molecule has 1 aromatic rings. The minimum Gasteiger partial charge on any atom is -0.336 e. The van der Waals surface area contributed by atoms with Crippen LogP contribution in [0.2, 0.25) is 0 Å². The number of sulfonamides is 1. The quantitative estimate of drug-likeness (QED) is 0.686. The number of amides is 2. The Balaban J connectivity index is 1.91. The van der Waals surface area contributed by atoms with Gasteiger partial charge in [0.1, 0.15) is 0 Å². The van der Waals surface area contributed by atoms with Gasteiger partial charge in [-0.15, -0.1) is 0 Å². The van der Waals surface area contributed by atoms with E-state index in [0.717, 1.165) is 18.7 Å². The number of nitrogens with one attached hydrogen (secondary N) is 2. The lowest BCUT2D eigenvalue weighted by Crippen LogP contribution is -2.57. The summed E-state index contributed by atoms with van der Waals surface area (Å²) in [5.74, 6) is 1.34. The highest BCUT2D eigenvalue weighted by atomic mass is 32.2. The standard InChI is InChI=1S/C22H38N4O3S/c1-16-12-17(2)14-26(13-16)22(4,5)15-23-21(27)24-18(3)19-8-10-20(11-9-19)30(28,29)25(6)7/h8-11,16-18H,12-15H2,1-7H3,(H2,23,24,27)/t16-,17-,18-/m1/s1. The highest BCUT2D eigenvalue weighted by Gasteiger charge is 2.33. The van der Waals surface area contributed by atoms with E-state index < -0.39 is 10.0 Å². The highest BCUT2D eigenvalue weighted by Crippen LogP contribution is 2.27. The molecule has 2 amide bonds. The third-order valence-electron chi connectivity index (χ3n) is 5.91. The second-order valence-electron chi connectivity index (χ2n) is 9.57. The lowest BCUT2D eigenvalue weighted by Gasteiger charge is -2.45. The van der Waals surface area contributed by atoms with Crippen molar-refractivity contribution in [2.75, 3.05) is 33.7 Å². The predicted octanol–water partition coefficient (Wildman–Crippen LogP) is 3.05. The van der Waals surface area contributed by atoms with Crippen molar-refractivity contribution in [2.24, 2.45) is 11.8 Å². The number of carbonyl (C=O) groups is 1. The number of hydrogen-bond donors (Lipinski definition) is 2. The van der Waals surface area contributed by atoms with E-state index in [-0.39, 0.29) is 22.5 Å². The summed E-state index contributed by atoms with van der Waals surface area (Å²) in [6.45, 7) is 13.5. The number of nitrogens with zero attached hydrogens (tertiary/aromatic N) is 2. The maximum absolute atomic E-state index is 12.5. The zero-order valence-corrected chi connectivity index (χ0v) is 20.2. The molecule has 2 rings (SSSR count). The van der Waals surface area contributed by atoms with Crippen LogP contribution in [0.25, 0.3) is 0 Å². The monoisotopic (exact) mass is 438 g/mol. The van der Waals surface area contributed by atoms with E-state index in [0.29, 0.717) is 18.4 Å². The molecule has 1 aliphatic rings. The highest BCUT2D eigenvalue weighted by molar-refractivity contribution is 7.89. The average molecular weight is 439 g/mol. The van der Waals surface area contributed by atoms with Crippen LogP contribution in [-0.4, -0.2) is 62.9 Å². The van der Waals surface area contributed by atoms with Crippen LogP contribution < -0.4 is 10.6 Å². The van der Waals surface area contributed by atoms with Gasteiger partial charge in [-0.25, -0.2) is 17.5 Å². The van der Waals surface area contributed by atoms with Crippen LogP contribution in [0.3, 0.4) is 0 Å². The van der Waals surface area contributed by atoms with E-state index in [9.17, 15) is 13.2 Å². The third kappa shape index (κ3) is 6.18. The molecular formula is C22H38N4O3S. The number of rotatable bonds is 7. The van der Waals surface area contributed by atoms with Crippen LogP contribution in [0.1, 0.15) is 52.6 Å². The van der Waals surface area contributed by atoms with Crippen LogP contribution in [0, 0.1) is 11.8 Å². The van der Waals surface area contributed by atoms with E-state index >= 15 is 0 Å². The van der Waals surface area contributed by atoms with Gasteiger partial charge in [-0.2, -0.15) is 0 Å². The Hall–Kier alpha value is -1.64. The van der Waals surface area contributed by atoms with Gasteiger partial charge in [0.05, 0.1) is 10.9 Å². The van der Waals surface area contributed by atoms with Gasteiger partial charge in [-0.05, 0) is 56.7 Å². The Bertz CT molecular complexity index is 811. The summed E-state index contributed by atoms with van der Waals surface area (Å²) in [5.41, 5.74) is 0.729. The largest absolute Gasteiger partial charge is 0.336 e. The van der Waals surface area contributed by atoms with Crippen molar-refractivity contribution in [1.29, 1.82) is 0 Å². The van der Waals surface area contributed by atoms with Crippen LogP contribution in [0.5, 0.6) is 0 Å². The van der Waals surface area contributed by atoms with E-state index in [1.807, 2.05) is 6.92 Å². The molecule has 0 bridgehead atoms. The number of likely N-dealkylation sites (tertiary alicyclic amines) is 1. The van der Waals surface area contributed by atoms with Gasteiger partial charge in [0.2, 0.25) is 10.0 Å². The fraction of sp³-hybridized carbons (Fsp3) is 0.682. The van der Waals surface area contributed by atoms with E-state index in [1.165, 1.54) is 24.8 Å². The first-order valence-corrected chi connectivity index (χ1v) is 12.1. The summed E-state index contributed by atoms with van der Waals surface area (Å²) in [6, 6.07) is 6.16. The van der Waals surface area contributed by atoms with Crippen LogP contribution in [0.4, 0.5) is 4.79 Å². The summed E-state index contributed by atoms with van der Waals surface area (Å²) in [7, 11) is -0.448. The molecular weight excluding hydrogens is 400 g/mol. The molecule has 1 fully saturated rings. The van der Waals surface area contributed by atoms with Crippen molar-refractivity contribution < 1.29 is 13.2 Å². The molecule has 0 aromatic heterocycles. The van der Waals surface area contributed by atoms with E-state index in [1.54, 1.807) is 24.3 Å². The first-order valence-electron chi connectivity index (χ1n) is 10.6. The number of benzene rings is 1. The molecule has 1 saturated heterocycles. The number of piperidine rings is 1. The molecule has 30 heavy (non-hydrogen) atoms. The first-order chi connectivity index (χ1) is 13.8. The van der Waals surface area contributed by atoms with E-state index in [2.05, 4.69) is 43.2 Å². The molecule has 0 aliphatic carbocycles. The molecule has 7 nitrogen and oxygen atoms in total. The van der Waals surface area contributed by atoms with Crippen molar-refractivity contribution in [1.82, 2.24) is 19.8 Å². The number of hydrogen-bond acceptors (Lipinski definition) is 4. The normalized spacial score (nSPS) is 22.0. The Labute approximate surface area is 182 Å². The maximum Gasteiger partial charge on any atom is 0.315 e. The SMILES string of the molecule is C[C@@H]1C[C@@H](C)CN(C(C)(C)CNC(=O)N[C@H](C)c2ccc(S(=O)(=O)N(C)C)cc2)C1. The minimum absolute atomic E-state index is 0.119. The number of carbonyl (C=O) groups excluding carboxylic acids is 1. The smallest absolute Gasteiger partial charge is 0.315 e. The Morgan fingerprint density at radius 2 is 1.70 bits per heavy atom. The molecule has 8 heteroatoms. The van der Waals surface area contributed by atoms with Gasteiger partial charge in [0, 0.05) is 39.3 Å². The van der Waals surface area contributed by atoms with Crippen LogP contribution >= 0.6 is 0 Å². The summed E-state index contributed by atoms with van der Waals surface area (Å²) in [4.78, 5) is 15.2. The average Bonchev–Trinajstić information content (AvgIpc) is 2.65. The summed E-state index contributed by atoms with van der Waals surface area (Å²) in [6.07, 6.45) is 1.26. The van der Waals surface area contributed by atoms with Gasteiger partial charge in [-0.1, -0.05) is 26.0 Å². The van der Waals surface area contributed by atoms with Gasteiger partial charge in [-0.3, -0.25) is 4.90 Å². The third-order valence-corrected chi connectivity index (χ3v) is 7.74. The number of urea groups is 1. The minimum atomic E-state index is -3.46. The van der Waals surface area contributed by atoms with Crippen LogP contribution in [0.15, 0.2) is 29.2 Å². The second kappa shape index (κ2) is 9.66. The molecule has 1 aliphatic heterocycles. The second-order valence-corrected chi connectivity index (χ2v) is 11.7. The lowest BCUT2D eigenvalue weighted by atomic mass is 9.88. The first kappa shape index (κ1) is 24.6. The van der Waals surface area contributed by atoms with Gasteiger partial charge < -0.3 is 10.6 Å².